The van der Waals surface area contributed by atoms with Gasteiger partial charge in [0.15, 0.2) is 0 Å². The zero-order valence-corrected chi connectivity index (χ0v) is 18.4. The highest BCUT2D eigenvalue weighted by molar-refractivity contribution is 6.36. The lowest BCUT2D eigenvalue weighted by molar-refractivity contribution is -0.129. The summed E-state index contributed by atoms with van der Waals surface area (Å²) >= 11 is 12.5. The van der Waals surface area contributed by atoms with Crippen LogP contribution in [0, 0.1) is 6.92 Å². The zero-order valence-electron chi connectivity index (χ0n) is 16.9. The van der Waals surface area contributed by atoms with Crippen molar-refractivity contribution < 1.29 is 19.5 Å². The Bertz CT molecular complexity index is 1070. The Kier molecular flexibility index (Phi) is 5.92. The Hall–Kier alpha value is -2.84. The number of nitrogens with zero attached hydrogens (tertiary/aromatic N) is 4. The van der Waals surface area contributed by atoms with Crippen LogP contribution in [0.4, 0.5) is 10.5 Å². The molecule has 1 aromatic heterocycles. The van der Waals surface area contributed by atoms with E-state index in [1.165, 1.54) is 16.8 Å². The molecule has 0 spiro atoms. The number of carbonyl (C=O) groups is 3. The minimum atomic E-state index is -1.19. The maximum Gasteiger partial charge on any atom is 0.411 e. The first-order valence-corrected chi connectivity index (χ1v) is 9.73. The number of benzene rings is 1. The average molecular weight is 451 g/mol. The van der Waals surface area contributed by atoms with E-state index in [0.29, 0.717) is 38.1 Å². The number of aryl methyl sites for hydroxylation is 1. The number of carboxylic acid groups (broad SMARTS) is 1. The summed E-state index contributed by atoms with van der Waals surface area (Å²) in [6.07, 6.45) is -1.19. The summed E-state index contributed by atoms with van der Waals surface area (Å²) in [4.78, 5) is 45.1. The first kappa shape index (κ1) is 21.9. The van der Waals surface area contributed by atoms with E-state index in [9.17, 15) is 19.5 Å². The molecule has 0 atom stereocenters. The summed E-state index contributed by atoms with van der Waals surface area (Å²) in [5.74, 6) is -0.624. The molecule has 1 aliphatic heterocycles. The molecular formula is C20H20Cl2N4O4. The molecule has 3 rings (SSSR count). The quantitative estimate of drug-likeness (QED) is 0.768. The molecule has 8 nitrogen and oxygen atoms in total. The van der Waals surface area contributed by atoms with E-state index in [-0.39, 0.29) is 30.6 Å². The van der Waals surface area contributed by atoms with Crippen molar-refractivity contribution in [2.24, 2.45) is 0 Å². The first-order chi connectivity index (χ1) is 14.0. The zero-order chi connectivity index (χ0) is 22.3. The van der Waals surface area contributed by atoms with E-state index in [0.717, 1.165) is 4.90 Å². The second-order valence-corrected chi connectivity index (χ2v) is 8.01. The maximum atomic E-state index is 13.0. The molecule has 2 aromatic rings. The van der Waals surface area contributed by atoms with Crippen LogP contribution in [0.3, 0.4) is 0 Å². The highest BCUT2D eigenvalue weighted by atomic mass is 35.5. The minimum Gasteiger partial charge on any atom is -0.465 e. The molecule has 0 fully saturated rings. The lowest BCUT2D eigenvalue weighted by Gasteiger charge is -2.23. The van der Waals surface area contributed by atoms with Crippen molar-refractivity contribution >= 4 is 46.8 Å². The van der Waals surface area contributed by atoms with Gasteiger partial charge < -0.3 is 14.9 Å². The van der Waals surface area contributed by atoms with Crippen LogP contribution in [-0.2, 0) is 11.3 Å². The third-order valence-corrected chi connectivity index (χ3v) is 5.48. The van der Waals surface area contributed by atoms with Gasteiger partial charge in [0, 0.05) is 54.4 Å². The summed E-state index contributed by atoms with van der Waals surface area (Å²) in [7, 11) is 4.62. The largest absolute Gasteiger partial charge is 0.465 e. The molecule has 0 aliphatic carbocycles. The van der Waals surface area contributed by atoms with E-state index in [4.69, 9.17) is 23.2 Å². The van der Waals surface area contributed by atoms with Gasteiger partial charge in [-0.1, -0.05) is 29.3 Å². The van der Waals surface area contributed by atoms with Gasteiger partial charge in [0.25, 0.3) is 5.91 Å². The number of rotatable bonds is 4. The highest BCUT2D eigenvalue weighted by Crippen LogP contribution is 2.43. The molecule has 0 unspecified atom stereocenters. The molecule has 0 bridgehead atoms. The van der Waals surface area contributed by atoms with Crippen molar-refractivity contribution in [1.29, 1.82) is 0 Å². The molecule has 158 valence electrons. The minimum absolute atomic E-state index is 0.107. The van der Waals surface area contributed by atoms with Gasteiger partial charge in [-0.15, -0.1) is 0 Å². The van der Waals surface area contributed by atoms with E-state index in [1.54, 1.807) is 39.2 Å². The topological polar surface area (TPSA) is 94.1 Å². The third kappa shape index (κ3) is 3.80. The van der Waals surface area contributed by atoms with Gasteiger partial charge in [-0.3, -0.25) is 14.5 Å². The summed E-state index contributed by atoms with van der Waals surface area (Å²) in [6, 6.07) is 4.87. The van der Waals surface area contributed by atoms with E-state index in [2.05, 4.69) is 4.98 Å². The number of anilines is 1. The number of hydrogen-bond donors (Lipinski definition) is 1. The molecule has 0 saturated carbocycles. The molecule has 1 N–H and O–H groups in total. The monoisotopic (exact) mass is 450 g/mol. The fourth-order valence-corrected chi connectivity index (χ4v) is 3.90. The lowest BCUT2D eigenvalue weighted by Crippen LogP contribution is -2.36. The second-order valence-electron chi connectivity index (χ2n) is 7.16. The lowest BCUT2D eigenvalue weighted by atomic mass is 9.96. The molecule has 30 heavy (non-hydrogen) atoms. The summed E-state index contributed by atoms with van der Waals surface area (Å²) in [5, 5.41) is 10.3. The fourth-order valence-electron chi connectivity index (χ4n) is 3.39. The molecular weight excluding hydrogens is 431 g/mol. The normalized spacial score (nSPS) is 12.7. The van der Waals surface area contributed by atoms with Crippen LogP contribution < -0.4 is 4.90 Å². The van der Waals surface area contributed by atoms with Gasteiger partial charge in [-0.25, -0.2) is 9.78 Å². The first-order valence-electron chi connectivity index (χ1n) is 8.97. The number of carbonyl (C=O) groups excluding carboxylic acids is 2. The number of likely N-dealkylation sites (N-methyl/N-ethyl adjacent to an activating group) is 1. The molecule has 0 radical (unpaired) electrons. The smallest absolute Gasteiger partial charge is 0.411 e. The molecule has 10 heteroatoms. The Morgan fingerprint density at radius 2 is 1.90 bits per heavy atom. The molecule has 0 saturated heterocycles. The summed E-state index contributed by atoms with van der Waals surface area (Å²) < 4.78 is 0. The van der Waals surface area contributed by atoms with E-state index >= 15 is 0 Å². The highest BCUT2D eigenvalue weighted by Gasteiger charge is 2.36. The van der Waals surface area contributed by atoms with Gasteiger partial charge in [0.1, 0.15) is 12.2 Å². The summed E-state index contributed by atoms with van der Waals surface area (Å²) in [6.45, 7) is 1.62. The number of amides is 3. The van der Waals surface area contributed by atoms with Crippen LogP contribution >= 0.6 is 23.2 Å². The van der Waals surface area contributed by atoms with E-state index < -0.39 is 6.09 Å². The van der Waals surface area contributed by atoms with Crippen LogP contribution in [0.15, 0.2) is 18.2 Å². The van der Waals surface area contributed by atoms with Gasteiger partial charge in [-0.05, 0) is 19.1 Å². The van der Waals surface area contributed by atoms with Crippen LogP contribution in [-0.4, -0.2) is 65.5 Å². The van der Waals surface area contributed by atoms with Crippen molar-refractivity contribution in [3.63, 3.8) is 0 Å². The number of hydrogen-bond acceptors (Lipinski definition) is 4. The van der Waals surface area contributed by atoms with Crippen molar-refractivity contribution in [2.45, 2.75) is 13.5 Å². The molecule has 1 aliphatic rings. The Morgan fingerprint density at radius 3 is 2.47 bits per heavy atom. The van der Waals surface area contributed by atoms with Crippen molar-refractivity contribution in [1.82, 2.24) is 14.8 Å². The fraction of sp³-hybridized carbons (Fsp3) is 0.300. The van der Waals surface area contributed by atoms with Gasteiger partial charge in [-0.2, -0.15) is 0 Å². The van der Waals surface area contributed by atoms with Gasteiger partial charge in [0.2, 0.25) is 5.91 Å². The van der Waals surface area contributed by atoms with Crippen LogP contribution in [0.2, 0.25) is 10.0 Å². The SMILES string of the molecule is Cc1nc2c(c(-c3ccc(Cl)cc3Cl)c1N(C)C(=O)O)CN(CC(=O)N(C)C)C2=O. The number of fused-ring (bicyclic) bond motifs is 1. The van der Waals surface area contributed by atoms with Crippen LogP contribution in [0.25, 0.3) is 11.1 Å². The van der Waals surface area contributed by atoms with Crippen molar-refractivity contribution in [3.8, 4) is 11.1 Å². The Labute approximate surface area is 183 Å². The third-order valence-electron chi connectivity index (χ3n) is 4.93. The number of aromatic nitrogens is 1. The standard InChI is InChI=1S/C20H20Cl2N4O4/c1-10-18(25(4)20(29)30)16(12-6-5-11(21)7-14(12)22)13-8-26(9-15(27)24(2)3)19(28)17(13)23-10/h5-7H,8-9H2,1-4H3,(H,29,30). The maximum absolute atomic E-state index is 13.0. The Morgan fingerprint density at radius 1 is 1.23 bits per heavy atom. The molecule has 1 aromatic carbocycles. The van der Waals surface area contributed by atoms with E-state index in [1.807, 2.05) is 0 Å². The number of halogens is 2. The number of pyridine rings is 1. The average Bonchev–Trinajstić information content (AvgIpc) is 2.96. The molecule has 2 heterocycles. The van der Waals surface area contributed by atoms with Gasteiger partial charge >= 0.3 is 6.09 Å². The Balaban J connectivity index is 2.25. The second kappa shape index (κ2) is 8.12. The van der Waals surface area contributed by atoms with Gasteiger partial charge in [0.05, 0.1) is 11.4 Å². The molecule has 3 amide bonds. The van der Waals surface area contributed by atoms with Crippen molar-refractivity contribution in [2.75, 3.05) is 32.6 Å². The van der Waals surface area contributed by atoms with Crippen LogP contribution in [0.5, 0.6) is 0 Å². The van der Waals surface area contributed by atoms with Crippen molar-refractivity contribution in [3.05, 3.63) is 45.2 Å². The predicted molar refractivity (Wildman–Crippen MR) is 114 cm³/mol. The summed E-state index contributed by atoms with van der Waals surface area (Å²) in [5.41, 5.74) is 2.39. The van der Waals surface area contributed by atoms with Crippen LogP contribution in [0.1, 0.15) is 21.7 Å². The predicted octanol–water partition coefficient (Wildman–Crippen LogP) is 3.52.